The summed E-state index contributed by atoms with van der Waals surface area (Å²) in [5, 5.41) is 9.25. The number of urea groups is 1. The van der Waals surface area contributed by atoms with Crippen LogP contribution in [0.3, 0.4) is 0 Å². The van der Waals surface area contributed by atoms with Crippen molar-refractivity contribution in [3.05, 3.63) is 120 Å². The van der Waals surface area contributed by atoms with Gasteiger partial charge >= 0.3 is 6.03 Å². The Labute approximate surface area is 264 Å². The molecule has 45 heavy (non-hydrogen) atoms. The lowest BCUT2D eigenvalue weighted by Gasteiger charge is -2.41. The van der Waals surface area contributed by atoms with Crippen molar-refractivity contribution in [3.8, 4) is 5.75 Å². The van der Waals surface area contributed by atoms with Crippen molar-refractivity contribution in [1.29, 1.82) is 0 Å². The number of ether oxygens (including phenoxy) is 1. The maximum Gasteiger partial charge on any atom is 0.323 e. The van der Waals surface area contributed by atoms with Crippen LogP contribution in [-0.2, 0) is 0 Å². The fourth-order valence-corrected chi connectivity index (χ4v) is 6.23. The van der Waals surface area contributed by atoms with Gasteiger partial charge in [0.15, 0.2) is 0 Å². The van der Waals surface area contributed by atoms with E-state index < -0.39 is 6.03 Å². The normalized spacial score (nSPS) is 15.5. The second-order valence-corrected chi connectivity index (χ2v) is 11.3. The highest BCUT2D eigenvalue weighted by atomic mass is 16.5. The minimum atomic E-state index is -0.403. The molecule has 0 radical (unpaired) electrons. The van der Waals surface area contributed by atoms with E-state index in [4.69, 9.17) is 4.74 Å². The third-order valence-electron chi connectivity index (χ3n) is 8.50. The summed E-state index contributed by atoms with van der Waals surface area (Å²) in [4.78, 5) is 33.4. The maximum absolute atomic E-state index is 13.4. The minimum Gasteiger partial charge on any atom is -0.495 e. The van der Waals surface area contributed by atoms with Gasteiger partial charge in [0.1, 0.15) is 5.75 Å². The van der Waals surface area contributed by atoms with Crippen LogP contribution in [0.2, 0.25) is 0 Å². The molecule has 0 spiro atoms. The summed E-state index contributed by atoms with van der Waals surface area (Å²) < 4.78 is 5.42. The number of hydrogen-bond donors (Lipinski definition) is 3. The SMILES string of the molecule is COc1ccccc1NC(=O)Nc1cc(C(=O)N2CCNCC2)ccc1N1CCN(C(c2ccccc2)c2ccccc2)CC1. The molecule has 9 nitrogen and oxygen atoms in total. The fourth-order valence-electron chi connectivity index (χ4n) is 6.23. The van der Waals surface area contributed by atoms with Gasteiger partial charge in [0.2, 0.25) is 0 Å². The number of methoxy groups -OCH3 is 1. The van der Waals surface area contributed by atoms with Crippen LogP contribution in [0.1, 0.15) is 27.5 Å². The van der Waals surface area contributed by atoms with E-state index in [1.165, 1.54) is 11.1 Å². The first-order valence-corrected chi connectivity index (χ1v) is 15.5. The number of carbonyl (C=O) groups excluding carboxylic acids is 2. The molecule has 6 rings (SSSR count). The Hall–Kier alpha value is -4.86. The predicted octanol–water partition coefficient (Wildman–Crippen LogP) is 5.30. The van der Waals surface area contributed by atoms with Crippen LogP contribution in [0, 0.1) is 0 Å². The highest BCUT2D eigenvalue weighted by Gasteiger charge is 2.28. The molecule has 0 aromatic heterocycles. The van der Waals surface area contributed by atoms with Crippen LogP contribution in [0.15, 0.2) is 103 Å². The molecular formula is C36H40N6O3. The molecule has 3 amide bonds. The van der Waals surface area contributed by atoms with Crippen LogP contribution < -0.4 is 25.6 Å². The molecule has 2 fully saturated rings. The average molecular weight is 605 g/mol. The fraction of sp³-hybridized carbons (Fsp3) is 0.278. The van der Waals surface area contributed by atoms with E-state index in [1.54, 1.807) is 19.2 Å². The van der Waals surface area contributed by atoms with Crippen molar-refractivity contribution in [1.82, 2.24) is 15.1 Å². The number of carbonyl (C=O) groups is 2. The van der Waals surface area contributed by atoms with E-state index in [0.717, 1.165) is 45.0 Å². The maximum atomic E-state index is 13.4. The zero-order chi connectivity index (χ0) is 31.0. The molecule has 0 unspecified atom stereocenters. The standard InChI is InChI=1S/C36H40N6O3/c1-45-33-15-9-8-14-30(33)38-36(44)39-31-26-29(35(43)42-20-18-37-19-21-42)16-17-32(31)40-22-24-41(25-23-40)34(27-10-4-2-5-11-27)28-12-6-3-7-13-28/h2-17,26,34,37H,18-25H2,1H3,(H2,38,39,44). The van der Waals surface area contributed by atoms with Gasteiger partial charge in [-0.25, -0.2) is 4.79 Å². The van der Waals surface area contributed by atoms with Gasteiger partial charge in [-0.05, 0) is 41.5 Å². The number of nitrogens with one attached hydrogen (secondary N) is 3. The van der Waals surface area contributed by atoms with Crippen LogP contribution in [0.25, 0.3) is 0 Å². The number of benzene rings is 4. The number of nitrogens with zero attached hydrogens (tertiary/aromatic N) is 3. The molecule has 3 N–H and O–H groups in total. The van der Waals surface area contributed by atoms with E-state index in [2.05, 4.69) is 86.4 Å². The van der Waals surface area contributed by atoms with Crippen LogP contribution in [-0.4, -0.2) is 81.2 Å². The molecule has 4 aromatic carbocycles. The highest BCUT2D eigenvalue weighted by molar-refractivity contribution is 6.04. The lowest BCUT2D eigenvalue weighted by atomic mass is 9.96. The van der Waals surface area contributed by atoms with E-state index >= 15 is 0 Å². The van der Waals surface area contributed by atoms with Gasteiger partial charge in [0, 0.05) is 57.9 Å². The Morgan fingerprint density at radius 1 is 0.711 bits per heavy atom. The Morgan fingerprint density at radius 2 is 1.31 bits per heavy atom. The molecule has 2 saturated heterocycles. The van der Waals surface area contributed by atoms with Gasteiger partial charge in [0.05, 0.1) is 30.2 Å². The summed E-state index contributed by atoms with van der Waals surface area (Å²) >= 11 is 0. The molecule has 9 heteroatoms. The number of rotatable bonds is 8. The number of amides is 3. The summed E-state index contributed by atoms with van der Waals surface area (Å²) in [6, 6.07) is 34.0. The molecule has 0 aliphatic carbocycles. The van der Waals surface area contributed by atoms with E-state index in [0.29, 0.717) is 35.8 Å². The molecule has 2 heterocycles. The van der Waals surface area contributed by atoms with Gasteiger partial charge in [-0.3, -0.25) is 9.69 Å². The first-order chi connectivity index (χ1) is 22.1. The lowest BCUT2D eigenvalue weighted by Crippen LogP contribution is -2.48. The van der Waals surface area contributed by atoms with Crippen molar-refractivity contribution in [2.45, 2.75) is 6.04 Å². The zero-order valence-electron chi connectivity index (χ0n) is 25.6. The number of para-hydroxylation sites is 2. The predicted molar refractivity (Wildman–Crippen MR) is 179 cm³/mol. The van der Waals surface area contributed by atoms with Crippen LogP contribution in [0.5, 0.6) is 5.75 Å². The second-order valence-electron chi connectivity index (χ2n) is 11.3. The molecule has 0 bridgehead atoms. The molecule has 0 saturated carbocycles. The van der Waals surface area contributed by atoms with Crippen molar-refractivity contribution < 1.29 is 14.3 Å². The van der Waals surface area contributed by atoms with Gasteiger partial charge in [-0.2, -0.15) is 0 Å². The summed E-state index contributed by atoms with van der Waals surface area (Å²) in [6.07, 6.45) is 0. The van der Waals surface area contributed by atoms with Crippen molar-refractivity contribution in [3.63, 3.8) is 0 Å². The van der Waals surface area contributed by atoms with Gasteiger partial charge in [0.25, 0.3) is 5.91 Å². The Morgan fingerprint density at radius 3 is 1.96 bits per heavy atom. The number of hydrogen-bond acceptors (Lipinski definition) is 6. The average Bonchev–Trinajstić information content (AvgIpc) is 3.10. The molecule has 2 aliphatic heterocycles. The number of anilines is 3. The third-order valence-corrected chi connectivity index (χ3v) is 8.50. The van der Waals surface area contributed by atoms with E-state index in [1.807, 2.05) is 35.2 Å². The topological polar surface area (TPSA) is 89.2 Å². The monoisotopic (exact) mass is 604 g/mol. The van der Waals surface area contributed by atoms with Gasteiger partial charge < -0.3 is 30.5 Å². The van der Waals surface area contributed by atoms with Gasteiger partial charge in [-0.15, -0.1) is 0 Å². The lowest BCUT2D eigenvalue weighted by molar-refractivity contribution is 0.0736. The first kappa shape index (κ1) is 30.2. The summed E-state index contributed by atoms with van der Waals surface area (Å²) in [7, 11) is 1.57. The minimum absolute atomic E-state index is 0.0328. The largest absolute Gasteiger partial charge is 0.495 e. The zero-order valence-corrected chi connectivity index (χ0v) is 25.6. The smallest absolute Gasteiger partial charge is 0.323 e. The van der Waals surface area contributed by atoms with E-state index in [9.17, 15) is 9.59 Å². The molecular weight excluding hydrogens is 564 g/mol. The Bertz CT molecular complexity index is 1550. The third kappa shape index (κ3) is 7.11. The first-order valence-electron chi connectivity index (χ1n) is 15.5. The van der Waals surface area contributed by atoms with Crippen molar-refractivity contribution >= 4 is 29.0 Å². The van der Waals surface area contributed by atoms with Crippen molar-refractivity contribution in [2.75, 3.05) is 75.0 Å². The summed E-state index contributed by atoms with van der Waals surface area (Å²) in [5.41, 5.74) is 5.14. The molecule has 4 aromatic rings. The summed E-state index contributed by atoms with van der Waals surface area (Å²) in [6.45, 7) is 6.06. The Balaban J connectivity index is 1.24. The quantitative estimate of drug-likeness (QED) is 0.253. The van der Waals surface area contributed by atoms with Gasteiger partial charge in [-0.1, -0.05) is 72.8 Å². The number of piperazine rings is 2. The van der Waals surface area contributed by atoms with E-state index in [-0.39, 0.29) is 11.9 Å². The molecule has 0 atom stereocenters. The molecule has 232 valence electrons. The van der Waals surface area contributed by atoms with Crippen molar-refractivity contribution in [2.24, 2.45) is 0 Å². The summed E-state index contributed by atoms with van der Waals surface area (Å²) in [5.74, 6) is 0.535. The Kier molecular flexibility index (Phi) is 9.58. The second kappa shape index (κ2) is 14.3. The van der Waals surface area contributed by atoms with Crippen LogP contribution >= 0.6 is 0 Å². The van der Waals surface area contributed by atoms with Crippen LogP contribution in [0.4, 0.5) is 21.9 Å². The molecule has 2 aliphatic rings. The highest BCUT2D eigenvalue weighted by Crippen LogP contribution is 2.33.